The Morgan fingerprint density at radius 2 is 1.92 bits per heavy atom. The van der Waals surface area contributed by atoms with Crippen molar-refractivity contribution in [3.05, 3.63) is 11.6 Å². The van der Waals surface area contributed by atoms with Crippen LogP contribution < -0.4 is 5.32 Å². The molecule has 3 aliphatic rings. The van der Waals surface area contributed by atoms with Crippen molar-refractivity contribution < 1.29 is 27.9 Å². The maximum Gasteiger partial charge on any atom is 0.407 e. The summed E-state index contributed by atoms with van der Waals surface area (Å²) < 4.78 is 36.9. The minimum absolute atomic E-state index is 0.0406. The number of nitrogens with one attached hydrogen (secondary N) is 1. The molecule has 144 valence electrons. The molecule has 0 aromatic heterocycles. The molecule has 0 radical (unpaired) electrons. The zero-order valence-corrected chi connectivity index (χ0v) is 14.3. The molecule has 0 aromatic rings. The van der Waals surface area contributed by atoms with E-state index in [4.69, 9.17) is 5.11 Å². The number of nitrogens with zero attached hydrogens (tertiary/aromatic N) is 2. The van der Waals surface area contributed by atoms with Crippen molar-refractivity contribution in [3.63, 3.8) is 0 Å². The van der Waals surface area contributed by atoms with E-state index in [2.05, 4.69) is 10.3 Å². The first kappa shape index (κ1) is 18.7. The fourth-order valence-electron chi connectivity index (χ4n) is 3.87. The van der Waals surface area contributed by atoms with Gasteiger partial charge < -0.3 is 15.3 Å². The molecule has 1 aliphatic carbocycles. The average Bonchev–Trinajstić information content (AvgIpc) is 2.90. The predicted octanol–water partition coefficient (Wildman–Crippen LogP) is 3.10. The molecular weight excluding hydrogens is 351 g/mol. The zero-order chi connectivity index (χ0) is 18.9. The number of amidine groups is 1. The summed E-state index contributed by atoms with van der Waals surface area (Å²) in [6.45, 7) is 0.545. The van der Waals surface area contributed by atoms with Crippen LogP contribution in [0.2, 0.25) is 0 Å². The third-order valence-electron chi connectivity index (χ3n) is 5.50. The van der Waals surface area contributed by atoms with Crippen LogP contribution in [0.25, 0.3) is 0 Å². The Hall–Kier alpha value is -2.06. The second-order valence-corrected chi connectivity index (χ2v) is 7.21. The maximum absolute atomic E-state index is 12.4. The first-order valence-corrected chi connectivity index (χ1v) is 8.82. The molecule has 0 unspecified atom stereocenters. The lowest BCUT2D eigenvalue weighted by Gasteiger charge is -2.33. The Labute approximate surface area is 149 Å². The Balaban J connectivity index is 1.60. The van der Waals surface area contributed by atoms with Gasteiger partial charge in [0.25, 0.3) is 5.91 Å². The van der Waals surface area contributed by atoms with E-state index in [0.717, 1.165) is 5.57 Å². The molecule has 1 spiro atoms. The number of carbonyl (C=O) groups is 2. The quantitative estimate of drug-likeness (QED) is 0.730. The molecule has 2 fully saturated rings. The van der Waals surface area contributed by atoms with Crippen molar-refractivity contribution in [2.45, 2.75) is 56.7 Å². The summed E-state index contributed by atoms with van der Waals surface area (Å²) in [6, 6.07) is 0. The van der Waals surface area contributed by atoms with Crippen molar-refractivity contribution in [1.82, 2.24) is 10.2 Å². The van der Waals surface area contributed by atoms with Gasteiger partial charge in [-0.25, -0.2) is 4.79 Å². The van der Waals surface area contributed by atoms with E-state index in [1.807, 2.05) is 0 Å². The van der Waals surface area contributed by atoms with Gasteiger partial charge in [-0.1, -0.05) is 11.6 Å². The standard InChI is InChI=1S/C17H22F3N3O3/c18-17(19,20)6-5-11-1-3-12(4-2-11)13-21-14(24)16(22-13)7-9-23(10-8-16)15(25)26/h5,12H,1-4,6-10H2,(H,25,26)(H,21,22,24). The molecule has 1 saturated carbocycles. The van der Waals surface area contributed by atoms with Gasteiger partial charge in [-0.3, -0.25) is 9.79 Å². The lowest BCUT2D eigenvalue weighted by atomic mass is 9.84. The molecule has 2 amide bonds. The fourth-order valence-corrected chi connectivity index (χ4v) is 3.87. The first-order chi connectivity index (χ1) is 12.2. The third kappa shape index (κ3) is 4.02. The van der Waals surface area contributed by atoms with Crippen molar-refractivity contribution in [2.24, 2.45) is 10.9 Å². The van der Waals surface area contributed by atoms with Crippen LogP contribution in [0.1, 0.15) is 44.9 Å². The number of hydrogen-bond acceptors (Lipinski definition) is 3. The number of piperidine rings is 1. The molecule has 2 heterocycles. The number of alkyl halides is 3. The molecule has 26 heavy (non-hydrogen) atoms. The van der Waals surface area contributed by atoms with Crippen LogP contribution in [0.4, 0.5) is 18.0 Å². The smallest absolute Gasteiger partial charge is 0.407 e. The van der Waals surface area contributed by atoms with Crippen molar-refractivity contribution in [3.8, 4) is 0 Å². The minimum Gasteiger partial charge on any atom is -0.465 e. The molecule has 2 N–H and O–H groups in total. The molecule has 0 bridgehead atoms. The van der Waals surface area contributed by atoms with Crippen LogP contribution in [-0.2, 0) is 4.79 Å². The summed E-state index contributed by atoms with van der Waals surface area (Å²) in [6.07, 6.45) is -1.58. The highest BCUT2D eigenvalue weighted by Crippen LogP contribution is 2.36. The molecule has 0 atom stereocenters. The number of halogens is 3. The number of hydrogen-bond donors (Lipinski definition) is 2. The fraction of sp³-hybridized carbons (Fsp3) is 0.706. The van der Waals surface area contributed by atoms with Gasteiger partial charge in [0.1, 0.15) is 11.4 Å². The number of carboxylic acid groups (broad SMARTS) is 1. The Morgan fingerprint density at radius 3 is 2.46 bits per heavy atom. The second-order valence-electron chi connectivity index (χ2n) is 7.21. The number of aliphatic imine (C=N–C) groups is 1. The van der Waals surface area contributed by atoms with Crippen LogP contribution in [-0.4, -0.2) is 52.6 Å². The van der Waals surface area contributed by atoms with Gasteiger partial charge in [0.15, 0.2) is 0 Å². The van der Waals surface area contributed by atoms with Crippen LogP contribution in [0.3, 0.4) is 0 Å². The molecule has 2 aliphatic heterocycles. The lowest BCUT2D eigenvalue weighted by molar-refractivity contribution is -0.126. The van der Waals surface area contributed by atoms with Crippen LogP contribution in [0.5, 0.6) is 0 Å². The van der Waals surface area contributed by atoms with E-state index >= 15 is 0 Å². The summed E-state index contributed by atoms with van der Waals surface area (Å²) in [5.41, 5.74) is -0.0683. The lowest BCUT2D eigenvalue weighted by Crippen LogP contribution is -2.50. The van der Waals surface area contributed by atoms with E-state index in [-0.39, 0.29) is 24.9 Å². The summed E-state index contributed by atoms with van der Waals surface area (Å²) >= 11 is 0. The maximum atomic E-state index is 12.4. The van der Waals surface area contributed by atoms with Gasteiger partial charge in [-0.05, 0) is 38.5 Å². The summed E-state index contributed by atoms with van der Waals surface area (Å²) in [4.78, 5) is 29.3. The highest BCUT2D eigenvalue weighted by atomic mass is 19.4. The molecule has 1 saturated heterocycles. The van der Waals surface area contributed by atoms with Crippen LogP contribution in [0, 0.1) is 5.92 Å². The number of carbonyl (C=O) groups excluding carboxylic acids is 1. The Bertz CT molecular complexity index is 639. The van der Waals surface area contributed by atoms with Gasteiger partial charge in [0.2, 0.25) is 0 Å². The first-order valence-electron chi connectivity index (χ1n) is 8.82. The van der Waals surface area contributed by atoms with E-state index in [1.54, 1.807) is 0 Å². The SMILES string of the molecule is O=C(O)N1CCC2(CC1)N=C(C1CCC(=CCC(F)(F)F)CC1)NC2=O. The van der Waals surface area contributed by atoms with E-state index in [9.17, 15) is 22.8 Å². The second kappa shape index (κ2) is 6.92. The average molecular weight is 373 g/mol. The number of likely N-dealkylation sites (tertiary alicyclic amines) is 1. The normalized spacial score (nSPS) is 25.9. The summed E-state index contributed by atoms with van der Waals surface area (Å²) in [5.74, 6) is 0.475. The number of allylic oxidation sites excluding steroid dienone is 2. The van der Waals surface area contributed by atoms with Crippen molar-refractivity contribution in [1.29, 1.82) is 0 Å². The monoisotopic (exact) mass is 373 g/mol. The third-order valence-corrected chi connectivity index (χ3v) is 5.50. The highest BCUT2D eigenvalue weighted by Gasteiger charge is 2.47. The van der Waals surface area contributed by atoms with Gasteiger partial charge in [-0.15, -0.1) is 0 Å². The molecule has 0 aromatic carbocycles. The Kier molecular flexibility index (Phi) is 4.98. The van der Waals surface area contributed by atoms with E-state index in [0.29, 0.717) is 44.4 Å². The van der Waals surface area contributed by atoms with Gasteiger partial charge in [0, 0.05) is 19.0 Å². The number of rotatable bonds is 2. The summed E-state index contributed by atoms with van der Waals surface area (Å²) in [7, 11) is 0. The molecule has 3 rings (SSSR count). The zero-order valence-electron chi connectivity index (χ0n) is 14.3. The van der Waals surface area contributed by atoms with Gasteiger partial charge in [0.05, 0.1) is 6.42 Å². The van der Waals surface area contributed by atoms with Gasteiger partial charge in [-0.2, -0.15) is 13.2 Å². The van der Waals surface area contributed by atoms with E-state index < -0.39 is 24.2 Å². The molecule has 9 heteroatoms. The van der Waals surface area contributed by atoms with Crippen LogP contribution in [0.15, 0.2) is 16.6 Å². The number of amides is 2. The van der Waals surface area contributed by atoms with E-state index in [1.165, 1.54) is 11.0 Å². The molecular formula is C17H22F3N3O3. The van der Waals surface area contributed by atoms with Crippen molar-refractivity contribution >= 4 is 17.8 Å². The predicted molar refractivity (Wildman–Crippen MR) is 87.9 cm³/mol. The minimum atomic E-state index is -4.18. The highest BCUT2D eigenvalue weighted by molar-refractivity contribution is 6.09. The Morgan fingerprint density at radius 1 is 1.31 bits per heavy atom. The molecule has 6 nitrogen and oxygen atoms in total. The van der Waals surface area contributed by atoms with Gasteiger partial charge >= 0.3 is 12.3 Å². The van der Waals surface area contributed by atoms with Crippen LogP contribution >= 0.6 is 0 Å². The summed E-state index contributed by atoms with van der Waals surface area (Å²) in [5, 5.41) is 11.9. The topological polar surface area (TPSA) is 82.0 Å². The largest absolute Gasteiger partial charge is 0.465 e. The van der Waals surface area contributed by atoms with Crippen molar-refractivity contribution in [2.75, 3.05) is 13.1 Å².